The lowest BCUT2D eigenvalue weighted by Gasteiger charge is -2.37. The molecule has 1 aliphatic heterocycles. The van der Waals surface area contributed by atoms with Crippen molar-refractivity contribution in [3.8, 4) is 0 Å². The smallest absolute Gasteiger partial charge is 0.253 e. The predicted octanol–water partition coefficient (Wildman–Crippen LogP) is 2.36. The van der Waals surface area contributed by atoms with Crippen molar-refractivity contribution in [1.29, 1.82) is 0 Å². The van der Waals surface area contributed by atoms with E-state index < -0.39 is 5.91 Å². The minimum Gasteiger partial charge on any atom is -0.368 e. The van der Waals surface area contributed by atoms with Gasteiger partial charge in [0, 0.05) is 43.0 Å². The summed E-state index contributed by atoms with van der Waals surface area (Å²) in [5.74, 6) is -0.488. The molecule has 0 atom stereocenters. The fourth-order valence-corrected chi connectivity index (χ4v) is 3.19. The molecule has 0 saturated carbocycles. The molecule has 1 fully saturated rings. The van der Waals surface area contributed by atoms with E-state index in [0.29, 0.717) is 24.2 Å². The van der Waals surface area contributed by atoms with Crippen molar-refractivity contribution >= 4 is 17.5 Å². The highest BCUT2D eigenvalue weighted by molar-refractivity contribution is 5.97. The van der Waals surface area contributed by atoms with Gasteiger partial charge in [-0.15, -0.1) is 0 Å². The topological polar surface area (TPSA) is 66.6 Å². The average Bonchev–Trinajstić information content (AvgIpc) is 2.64. The Morgan fingerprint density at radius 3 is 2.08 bits per heavy atom. The Labute approximate surface area is 148 Å². The first kappa shape index (κ1) is 17.0. The third kappa shape index (κ3) is 3.50. The van der Waals surface area contributed by atoms with E-state index in [0.717, 1.165) is 13.1 Å². The monoisotopic (exact) mass is 337 g/mol. The molecule has 25 heavy (non-hydrogen) atoms. The van der Waals surface area contributed by atoms with Crippen LogP contribution in [-0.2, 0) is 0 Å². The van der Waals surface area contributed by atoms with E-state index in [4.69, 9.17) is 5.73 Å². The molecule has 0 spiro atoms. The van der Waals surface area contributed by atoms with Gasteiger partial charge in [0.05, 0.1) is 0 Å². The molecule has 1 heterocycles. The minimum atomic E-state index is -0.485. The number of hydrogen-bond donors (Lipinski definition) is 1. The molecule has 0 bridgehead atoms. The number of carbonyl (C=O) groups is 2. The van der Waals surface area contributed by atoms with E-state index in [2.05, 4.69) is 36.9 Å². The van der Waals surface area contributed by atoms with Gasteiger partial charge in [-0.3, -0.25) is 9.59 Å². The molecule has 2 aromatic carbocycles. The van der Waals surface area contributed by atoms with Gasteiger partial charge in [0.15, 0.2) is 0 Å². The maximum atomic E-state index is 12.6. The number of aryl methyl sites for hydroxylation is 1. The van der Waals surface area contributed by atoms with Gasteiger partial charge < -0.3 is 15.5 Å². The first-order valence-electron chi connectivity index (χ1n) is 8.47. The summed E-state index contributed by atoms with van der Waals surface area (Å²) in [6.45, 7) is 7.26. The second-order valence-electron chi connectivity index (χ2n) is 6.44. The molecule has 5 heteroatoms. The molecule has 2 amide bonds. The Morgan fingerprint density at radius 1 is 0.880 bits per heavy atom. The van der Waals surface area contributed by atoms with Crippen LogP contribution >= 0.6 is 0 Å². The van der Waals surface area contributed by atoms with E-state index in [1.807, 2.05) is 4.90 Å². The highest BCUT2D eigenvalue weighted by Gasteiger charge is 2.23. The van der Waals surface area contributed by atoms with Crippen LogP contribution in [0.4, 0.5) is 5.69 Å². The van der Waals surface area contributed by atoms with Gasteiger partial charge in [0.2, 0.25) is 5.91 Å². The number of carbonyl (C=O) groups excluding carboxylic acids is 2. The summed E-state index contributed by atoms with van der Waals surface area (Å²) in [5.41, 5.74) is 10.1. The molecule has 1 aliphatic rings. The summed E-state index contributed by atoms with van der Waals surface area (Å²) >= 11 is 0. The Bertz CT molecular complexity index is 791. The lowest BCUT2D eigenvalue weighted by atomic mass is 10.1. The summed E-state index contributed by atoms with van der Waals surface area (Å²) in [6, 6.07) is 12.9. The average molecular weight is 337 g/mol. The summed E-state index contributed by atoms with van der Waals surface area (Å²) in [6.07, 6.45) is 0. The van der Waals surface area contributed by atoms with E-state index in [1.54, 1.807) is 24.3 Å². The predicted molar refractivity (Wildman–Crippen MR) is 99.0 cm³/mol. The van der Waals surface area contributed by atoms with Crippen LogP contribution in [-0.4, -0.2) is 42.9 Å². The second-order valence-corrected chi connectivity index (χ2v) is 6.44. The Kier molecular flexibility index (Phi) is 4.74. The third-order valence-corrected chi connectivity index (χ3v) is 4.90. The summed E-state index contributed by atoms with van der Waals surface area (Å²) in [4.78, 5) is 28.0. The van der Waals surface area contributed by atoms with Crippen LogP contribution in [0.5, 0.6) is 0 Å². The molecule has 5 nitrogen and oxygen atoms in total. The van der Waals surface area contributed by atoms with E-state index in [9.17, 15) is 9.59 Å². The Hall–Kier alpha value is -2.82. The molecule has 3 rings (SSSR count). The fourth-order valence-electron chi connectivity index (χ4n) is 3.19. The molecular formula is C20H23N3O2. The normalized spacial score (nSPS) is 14.5. The van der Waals surface area contributed by atoms with Crippen LogP contribution in [0.2, 0.25) is 0 Å². The molecule has 1 saturated heterocycles. The van der Waals surface area contributed by atoms with Crippen molar-refractivity contribution in [2.75, 3.05) is 31.1 Å². The van der Waals surface area contributed by atoms with Crippen molar-refractivity contribution in [2.24, 2.45) is 5.73 Å². The van der Waals surface area contributed by atoms with Gasteiger partial charge in [-0.05, 0) is 55.3 Å². The maximum Gasteiger partial charge on any atom is 0.253 e. The maximum absolute atomic E-state index is 12.6. The first-order valence-corrected chi connectivity index (χ1v) is 8.47. The van der Waals surface area contributed by atoms with Gasteiger partial charge in [0.1, 0.15) is 0 Å². The number of nitrogens with zero attached hydrogens (tertiary/aromatic N) is 2. The minimum absolute atomic E-state index is 0.00312. The number of amides is 2. The van der Waals surface area contributed by atoms with Crippen molar-refractivity contribution in [2.45, 2.75) is 13.8 Å². The Balaban J connectivity index is 1.66. The Morgan fingerprint density at radius 2 is 1.48 bits per heavy atom. The zero-order valence-corrected chi connectivity index (χ0v) is 14.7. The molecule has 130 valence electrons. The van der Waals surface area contributed by atoms with Crippen molar-refractivity contribution in [1.82, 2.24) is 4.90 Å². The largest absolute Gasteiger partial charge is 0.368 e. The van der Waals surface area contributed by atoms with Gasteiger partial charge in [-0.1, -0.05) is 12.1 Å². The SMILES string of the molecule is Cc1cccc(N2CCN(C(=O)c3ccc(C(N)=O)cc3)CC2)c1C. The molecular weight excluding hydrogens is 314 g/mol. The highest BCUT2D eigenvalue weighted by atomic mass is 16.2. The third-order valence-electron chi connectivity index (χ3n) is 4.90. The van der Waals surface area contributed by atoms with E-state index in [1.165, 1.54) is 16.8 Å². The van der Waals surface area contributed by atoms with Gasteiger partial charge >= 0.3 is 0 Å². The van der Waals surface area contributed by atoms with Crippen molar-refractivity contribution in [3.05, 3.63) is 64.7 Å². The fraction of sp³-hybridized carbons (Fsp3) is 0.300. The lowest BCUT2D eigenvalue weighted by Crippen LogP contribution is -2.49. The number of anilines is 1. The standard InChI is InChI=1S/C20H23N3O2/c1-14-4-3-5-18(15(14)2)22-10-12-23(13-11-22)20(25)17-8-6-16(7-9-17)19(21)24/h3-9H,10-13H2,1-2H3,(H2,21,24). The highest BCUT2D eigenvalue weighted by Crippen LogP contribution is 2.24. The van der Waals surface area contributed by atoms with Crippen molar-refractivity contribution in [3.63, 3.8) is 0 Å². The lowest BCUT2D eigenvalue weighted by molar-refractivity contribution is 0.0746. The van der Waals surface area contributed by atoms with Gasteiger partial charge in [-0.25, -0.2) is 0 Å². The number of benzene rings is 2. The molecule has 2 aromatic rings. The first-order chi connectivity index (χ1) is 12.0. The van der Waals surface area contributed by atoms with E-state index in [-0.39, 0.29) is 5.91 Å². The van der Waals surface area contributed by atoms with Crippen LogP contribution in [0.15, 0.2) is 42.5 Å². The second kappa shape index (κ2) is 6.97. The summed E-state index contributed by atoms with van der Waals surface area (Å²) < 4.78 is 0. The number of piperazine rings is 1. The number of hydrogen-bond acceptors (Lipinski definition) is 3. The number of nitrogens with two attached hydrogens (primary N) is 1. The molecule has 0 radical (unpaired) electrons. The molecule has 2 N–H and O–H groups in total. The molecule has 0 aromatic heterocycles. The van der Waals surface area contributed by atoms with Crippen LogP contribution in [0.3, 0.4) is 0 Å². The quantitative estimate of drug-likeness (QED) is 0.935. The summed E-state index contributed by atoms with van der Waals surface area (Å²) in [5, 5.41) is 0. The molecule has 0 aliphatic carbocycles. The number of primary amides is 1. The van der Waals surface area contributed by atoms with Crippen molar-refractivity contribution < 1.29 is 9.59 Å². The molecule has 0 unspecified atom stereocenters. The van der Waals surface area contributed by atoms with Crippen LogP contribution in [0, 0.1) is 13.8 Å². The van der Waals surface area contributed by atoms with Gasteiger partial charge in [0.25, 0.3) is 5.91 Å². The zero-order chi connectivity index (χ0) is 18.0. The van der Waals surface area contributed by atoms with Crippen LogP contribution in [0.25, 0.3) is 0 Å². The van der Waals surface area contributed by atoms with Gasteiger partial charge in [-0.2, -0.15) is 0 Å². The summed E-state index contributed by atoms with van der Waals surface area (Å²) in [7, 11) is 0. The number of rotatable bonds is 3. The van der Waals surface area contributed by atoms with Crippen LogP contribution in [0.1, 0.15) is 31.8 Å². The van der Waals surface area contributed by atoms with Crippen LogP contribution < -0.4 is 10.6 Å². The zero-order valence-electron chi connectivity index (χ0n) is 14.7. The van der Waals surface area contributed by atoms with E-state index >= 15 is 0 Å².